The molecule has 1 atom stereocenters. The van der Waals surface area contributed by atoms with Crippen LogP contribution in [0.25, 0.3) is 17.0 Å². The Morgan fingerprint density at radius 3 is 2.81 bits per heavy atom. The molecule has 0 spiro atoms. The van der Waals surface area contributed by atoms with Gasteiger partial charge in [-0.05, 0) is 43.0 Å². The molecule has 36 heavy (non-hydrogen) atoms. The lowest BCUT2D eigenvalue weighted by molar-refractivity contribution is -0.113. The summed E-state index contributed by atoms with van der Waals surface area (Å²) >= 11 is 1.23. The third-order valence-electron chi connectivity index (χ3n) is 6.87. The largest absolute Gasteiger partial charge is 0.325 e. The summed E-state index contributed by atoms with van der Waals surface area (Å²) in [5.74, 6) is 0.407. The Balaban J connectivity index is 1.58. The predicted molar refractivity (Wildman–Crippen MR) is 145 cm³/mol. The average Bonchev–Trinajstić information content (AvgIpc) is 3.20. The molecule has 0 radical (unpaired) electrons. The lowest BCUT2D eigenvalue weighted by Gasteiger charge is -2.35. The molecule has 0 fully saturated rings. The van der Waals surface area contributed by atoms with Crippen molar-refractivity contribution < 1.29 is 4.79 Å². The molecule has 2 heterocycles. The number of amides is 1. The van der Waals surface area contributed by atoms with E-state index in [0.29, 0.717) is 23.0 Å². The van der Waals surface area contributed by atoms with Crippen LogP contribution in [-0.2, 0) is 23.2 Å². The number of benzene rings is 2. The molecule has 0 aliphatic heterocycles. The second-order valence-corrected chi connectivity index (χ2v) is 10.4. The van der Waals surface area contributed by atoms with E-state index in [1.807, 2.05) is 49.4 Å². The zero-order chi connectivity index (χ0) is 25.4. The molecule has 1 N–H and O–H groups in total. The summed E-state index contributed by atoms with van der Waals surface area (Å²) in [6.45, 7) is 10.5. The highest BCUT2D eigenvalue weighted by molar-refractivity contribution is 7.99. The van der Waals surface area contributed by atoms with Gasteiger partial charge in [-0.1, -0.05) is 68.1 Å². The molecule has 8 heteroatoms. The molecule has 7 nitrogen and oxygen atoms in total. The van der Waals surface area contributed by atoms with E-state index in [-0.39, 0.29) is 22.6 Å². The molecule has 5 rings (SSSR count). The van der Waals surface area contributed by atoms with Crippen LogP contribution in [-0.4, -0.2) is 30.8 Å². The maximum absolute atomic E-state index is 14.1. The highest BCUT2D eigenvalue weighted by Crippen LogP contribution is 2.42. The molecule has 4 aromatic rings. The Bertz CT molecular complexity index is 1550. The summed E-state index contributed by atoms with van der Waals surface area (Å²) in [6.07, 6.45) is 3.30. The van der Waals surface area contributed by atoms with Crippen molar-refractivity contribution in [3.63, 3.8) is 0 Å². The lowest BCUT2D eigenvalue weighted by atomic mass is 9.69. The van der Waals surface area contributed by atoms with Crippen LogP contribution in [0.2, 0.25) is 0 Å². The molecule has 184 valence electrons. The van der Waals surface area contributed by atoms with Crippen LogP contribution in [0.1, 0.15) is 37.0 Å². The molecule has 0 saturated heterocycles. The van der Waals surface area contributed by atoms with Crippen LogP contribution in [0.5, 0.6) is 0 Å². The van der Waals surface area contributed by atoms with E-state index in [4.69, 9.17) is 4.98 Å². The molecule has 1 aliphatic carbocycles. The molecule has 1 aliphatic rings. The van der Waals surface area contributed by atoms with Crippen molar-refractivity contribution in [1.29, 1.82) is 0 Å². The first-order valence-corrected chi connectivity index (χ1v) is 13.1. The maximum atomic E-state index is 14.1. The van der Waals surface area contributed by atoms with E-state index >= 15 is 0 Å². The van der Waals surface area contributed by atoms with E-state index in [1.165, 1.54) is 17.3 Å². The SMILES string of the molecule is C=CCn1nc(SCC(=O)Nc2cccc(C)c2)n2c(=O)c3c(nc12)-c1ccccc1CC3(C)CC. The smallest absolute Gasteiger partial charge is 0.265 e. The highest BCUT2D eigenvalue weighted by Gasteiger charge is 2.38. The number of allylic oxidation sites excluding steroid dienone is 1. The van der Waals surface area contributed by atoms with Crippen molar-refractivity contribution in [1.82, 2.24) is 19.2 Å². The third-order valence-corrected chi connectivity index (χ3v) is 7.80. The third kappa shape index (κ3) is 4.15. The van der Waals surface area contributed by atoms with Gasteiger partial charge in [0.2, 0.25) is 11.7 Å². The van der Waals surface area contributed by atoms with Crippen LogP contribution in [0.4, 0.5) is 5.69 Å². The highest BCUT2D eigenvalue weighted by atomic mass is 32.2. The molecular weight excluding hydrogens is 470 g/mol. The van der Waals surface area contributed by atoms with E-state index in [9.17, 15) is 9.59 Å². The Kier molecular flexibility index (Phi) is 6.30. The quantitative estimate of drug-likeness (QED) is 0.286. The van der Waals surface area contributed by atoms with Gasteiger partial charge >= 0.3 is 0 Å². The van der Waals surface area contributed by atoms with Gasteiger partial charge in [-0.15, -0.1) is 11.7 Å². The van der Waals surface area contributed by atoms with Crippen LogP contribution < -0.4 is 10.9 Å². The fraction of sp³-hybridized carbons (Fsp3) is 0.286. The molecule has 1 amide bonds. The number of aryl methyl sites for hydroxylation is 1. The van der Waals surface area contributed by atoms with Gasteiger partial charge in [0.15, 0.2) is 5.16 Å². The molecule has 0 saturated carbocycles. The van der Waals surface area contributed by atoms with E-state index in [0.717, 1.165) is 35.3 Å². The summed E-state index contributed by atoms with van der Waals surface area (Å²) < 4.78 is 3.24. The number of aromatic nitrogens is 4. The fourth-order valence-corrected chi connectivity index (χ4v) is 5.67. The van der Waals surface area contributed by atoms with Gasteiger partial charge in [-0.25, -0.2) is 14.1 Å². The summed E-state index contributed by atoms with van der Waals surface area (Å²) in [5.41, 5.74) is 4.98. The zero-order valence-electron chi connectivity index (χ0n) is 20.7. The van der Waals surface area contributed by atoms with Gasteiger partial charge in [0.1, 0.15) is 0 Å². The van der Waals surface area contributed by atoms with Gasteiger partial charge in [-0.3, -0.25) is 9.59 Å². The van der Waals surface area contributed by atoms with Crippen molar-refractivity contribution in [3.8, 4) is 11.3 Å². The van der Waals surface area contributed by atoms with Gasteiger partial charge in [0, 0.05) is 16.7 Å². The first kappa shape index (κ1) is 24.1. The minimum atomic E-state index is -0.347. The minimum Gasteiger partial charge on any atom is -0.325 e. The lowest BCUT2D eigenvalue weighted by Crippen LogP contribution is -2.38. The zero-order valence-corrected chi connectivity index (χ0v) is 21.6. The number of anilines is 1. The van der Waals surface area contributed by atoms with Crippen LogP contribution in [0.3, 0.4) is 0 Å². The summed E-state index contributed by atoms with van der Waals surface area (Å²) in [7, 11) is 0. The number of hydrogen-bond donors (Lipinski definition) is 1. The van der Waals surface area contributed by atoms with Crippen molar-refractivity contribution in [2.45, 2.75) is 50.7 Å². The topological polar surface area (TPSA) is 81.3 Å². The average molecular weight is 500 g/mol. The number of fused-ring (bicyclic) bond motifs is 4. The normalized spacial score (nSPS) is 16.4. The number of rotatable bonds is 7. The number of nitrogens with zero attached hydrogens (tertiary/aromatic N) is 4. The second kappa shape index (κ2) is 9.43. The molecule has 0 bridgehead atoms. The number of hydrogen-bond acceptors (Lipinski definition) is 5. The molecule has 2 aromatic carbocycles. The number of carbonyl (C=O) groups is 1. The summed E-state index contributed by atoms with van der Waals surface area (Å²) in [4.78, 5) is 31.8. The predicted octanol–water partition coefficient (Wildman–Crippen LogP) is 5.01. The number of nitrogens with one attached hydrogen (secondary N) is 1. The van der Waals surface area contributed by atoms with E-state index in [1.54, 1.807) is 15.2 Å². The van der Waals surface area contributed by atoms with Gasteiger partial charge in [0.05, 0.1) is 23.6 Å². The molecular formula is C28H29N5O2S. The van der Waals surface area contributed by atoms with E-state index < -0.39 is 0 Å². The van der Waals surface area contributed by atoms with Crippen LogP contribution >= 0.6 is 11.8 Å². The second-order valence-electron chi connectivity index (χ2n) is 9.48. The minimum absolute atomic E-state index is 0.117. The van der Waals surface area contributed by atoms with Gasteiger partial charge in [-0.2, -0.15) is 0 Å². The van der Waals surface area contributed by atoms with Crippen LogP contribution in [0.15, 0.2) is 71.1 Å². The first-order chi connectivity index (χ1) is 17.3. The van der Waals surface area contributed by atoms with Crippen molar-refractivity contribution in [3.05, 3.63) is 88.2 Å². The summed E-state index contributed by atoms with van der Waals surface area (Å²) in [6, 6.07) is 15.8. The molecule has 1 unspecified atom stereocenters. The molecule has 2 aromatic heterocycles. The Labute approximate surface area is 214 Å². The van der Waals surface area contributed by atoms with Crippen molar-refractivity contribution in [2.75, 3.05) is 11.1 Å². The standard InChI is InChI=1S/C28H29N5O2S/c1-5-14-32-26-30-24-21-13-8-7-11-19(21)16-28(4,6-2)23(24)25(35)33(26)27(31-32)36-17-22(34)29-20-12-9-10-18(3)15-20/h5,7-13,15H,1,6,14,16-17H2,2-4H3,(H,29,34). The van der Waals surface area contributed by atoms with E-state index in [2.05, 4.69) is 36.9 Å². The Morgan fingerprint density at radius 2 is 2.06 bits per heavy atom. The Morgan fingerprint density at radius 1 is 1.25 bits per heavy atom. The maximum Gasteiger partial charge on any atom is 0.265 e. The Hall–Kier alpha value is -3.65. The number of thioether (sulfide) groups is 1. The summed E-state index contributed by atoms with van der Waals surface area (Å²) in [5, 5.41) is 8.03. The van der Waals surface area contributed by atoms with Crippen molar-refractivity contribution in [2.24, 2.45) is 0 Å². The first-order valence-electron chi connectivity index (χ1n) is 12.1. The monoisotopic (exact) mass is 499 g/mol. The number of carbonyl (C=O) groups excluding carboxylic acids is 1. The van der Waals surface area contributed by atoms with Gasteiger partial charge in [0.25, 0.3) is 5.56 Å². The van der Waals surface area contributed by atoms with Crippen molar-refractivity contribution >= 4 is 29.1 Å². The van der Waals surface area contributed by atoms with Gasteiger partial charge < -0.3 is 5.32 Å². The van der Waals surface area contributed by atoms with Crippen LogP contribution in [0, 0.1) is 6.92 Å². The fourth-order valence-electron chi connectivity index (χ4n) is 4.89.